The van der Waals surface area contributed by atoms with Crippen LogP contribution in [0.1, 0.15) is 55.3 Å². The van der Waals surface area contributed by atoms with Crippen molar-refractivity contribution in [1.82, 2.24) is 25.3 Å². The molecule has 0 amide bonds. The Kier molecular flexibility index (Phi) is 5.89. The molecule has 1 fully saturated rings. The molecule has 3 aromatic rings. The van der Waals surface area contributed by atoms with Crippen molar-refractivity contribution in [2.75, 3.05) is 13.7 Å². The van der Waals surface area contributed by atoms with Crippen LogP contribution in [0, 0.1) is 5.92 Å². The Hall–Kier alpha value is -2.12. The van der Waals surface area contributed by atoms with Crippen molar-refractivity contribution in [2.45, 2.75) is 44.6 Å². The Labute approximate surface area is 163 Å². The molecule has 4 rings (SSSR count). The summed E-state index contributed by atoms with van der Waals surface area (Å²) in [6.45, 7) is 0.686. The monoisotopic (exact) mass is 383 g/mol. The first kappa shape index (κ1) is 18.3. The van der Waals surface area contributed by atoms with E-state index in [1.807, 2.05) is 19.2 Å². The number of rotatable bonds is 7. The summed E-state index contributed by atoms with van der Waals surface area (Å²) in [5.41, 5.74) is 1.78. The highest BCUT2D eigenvalue weighted by Gasteiger charge is 2.19. The van der Waals surface area contributed by atoms with E-state index in [1.54, 1.807) is 29.9 Å². The van der Waals surface area contributed by atoms with Gasteiger partial charge in [-0.1, -0.05) is 32.1 Å². The highest BCUT2D eigenvalue weighted by atomic mass is 32.1. The van der Waals surface area contributed by atoms with Crippen LogP contribution in [0.25, 0.3) is 10.2 Å². The van der Waals surface area contributed by atoms with Gasteiger partial charge in [-0.3, -0.25) is 4.98 Å². The van der Waals surface area contributed by atoms with Crippen molar-refractivity contribution < 1.29 is 4.74 Å². The molecule has 1 N–H and O–H groups in total. The van der Waals surface area contributed by atoms with E-state index in [-0.39, 0.29) is 6.04 Å². The third-order valence-corrected chi connectivity index (χ3v) is 6.28. The van der Waals surface area contributed by atoms with Crippen molar-refractivity contribution in [3.05, 3.63) is 41.4 Å². The van der Waals surface area contributed by atoms with Gasteiger partial charge in [0, 0.05) is 12.4 Å². The Bertz CT molecular complexity index is 844. The van der Waals surface area contributed by atoms with E-state index < -0.39 is 0 Å². The second-order valence-corrected chi connectivity index (χ2v) is 8.08. The van der Waals surface area contributed by atoms with Crippen LogP contribution in [0.4, 0.5) is 0 Å². The number of thiazole rings is 1. The molecule has 3 heterocycles. The summed E-state index contributed by atoms with van der Waals surface area (Å²) in [5.74, 6) is 0.795. The van der Waals surface area contributed by atoms with Gasteiger partial charge >= 0.3 is 6.01 Å². The second kappa shape index (κ2) is 8.71. The number of ether oxygens (including phenoxy) is 1. The first-order chi connectivity index (χ1) is 13.3. The van der Waals surface area contributed by atoms with Gasteiger partial charge in [-0.25, -0.2) is 9.97 Å². The van der Waals surface area contributed by atoms with Gasteiger partial charge < -0.3 is 10.1 Å². The van der Waals surface area contributed by atoms with Crippen molar-refractivity contribution in [3.8, 4) is 6.01 Å². The molecule has 7 heteroatoms. The van der Waals surface area contributed by atoms with Gasteiger partial charge in [0.15, 0.2) is 0 Å². The van der Waals surface area contributed by atoms with E-state index in [0.29, 0.717) is 12.6 Å². The van der Waals surface area contributed by atoms with Crippen LogP contribution in [-0.4, -0.2) is 33.6 Å². The summed E-state index contributed by atoms with van der Waals surface area (Å²) in [4.78, 5) is 17.8. The first-order valence-corrected chi connectivity index (χ1v) is 10.5. The van der Waals surface area contributed by atoms with E-state index >= 15 is 0 Å². The molecule has 1 aliphatic rings. The fourth-order valence-electron chi connectivity index (χ4n) is 3.70. The van der Waals surface area contributed by atoms with E-state index in [2.05, 4.69) is 20.3 Å². The predicted octanol–water partition coefficient (Wildman–Crippen LogP) is 4.14. The molecule has 0 saturated heterocycles. The van der Waals surface area contributed by atoms with Gasteiger partial charge in [0.05, 0.1) is 28.7 Å². The molecule has 27 heavy (non-hydrogen) atoms. The summed E-state index contributed by atoms with van der Waals surface area (Å²) in [6.07, 6.45) is 13.2. The van der Waals surface area contributed by atoms with Crippen LogP contribution in [0.2, 0.25) is 0 Å². The number of nitrogens with one attached hydrogen (secondary N) is 1. The third kappa shape index (κ3) is 4.42. The Morgan fingerprint density at radius 1 is 1.19 bits per heavy atom. The molecule has 1 saturated carbocycles. The molecule has 0 radical (unpaired) electrons. The molecule has 6 nitrogen and oxygen atoms in total. The molecule has 0 bridgehead atoms. The van der Waals surface area contributed by atoms with Crippen molar-refractivity contribution in [3.63, 3.8) is 0 Å². The first-order valence-electron chi connectivity index (χ1n) is 9.67. The smallest absolute Gasteiger partial charge is 0.316 e. The topological polar surface area (TPSA) is 72.8 Å². The normalized spacial score (nSPS) is 16.5. The zero-order valence-electron chi connectivity index (χ0n) is 15.6. The molecular weight excluding hydrogens is 358 g/mol. The van der Waals surface area contributed by atoms with E-state index in [1.165, 1.54) is 32.1 Å². The summed E-state index contributed by atoms with van der Waals surface area (Å²) in [5, 5.41) is 4.28. The SMILES string of the molecule is CNC(c1ccnc(OCCC2CCCCC2)n1)c1nc2cnccc2s1. The zero-order chi connectivity index (χ0) is 18.5. The summed E-state index contributed by atoms with van der Waals surface area (Å²) in [6, 6.07) is 4.26. The van der Waals surface area contributed by atoms with Crippen LogP contribution in [0.3, 0.4) is 0 Å². The maximum absolute atomic E-state index is 5.86. The largest absolute Gasteiger partial charge is 0.463 e. The molecule has 142 valence electrons. The van der Waals surface area contributed by atoms with E-state index in [4.69, 9.17) is 9.72 Å². The van der Waals surface area contributed by atoms with Crippen LogP contribution < -0.4 is 10.1 Å². The zero-order valence-corrected chi connectivity index (χ0v) is 16.4. The fourth-order valence-corrected chi connectivity index (χ4v) is 4.75. The number of hydrogen-bond donors (Lipinski definition) is 1. The van der Waals surface area contributed by atoms with Crippen LogP contribution in [-0.2, 0) is 0 Å². The lowest BCUT2D eigenvalue weighted by Crippen LogP contribution is -2.19. The molecular formula is C20H25N5OS. The quantitative estimate of drug-likeness (QED) is 0.661. The van der Waals surface area contributed by atoms with Crippen molar-refractivity contribution in [2.24, 2.45) is 5.92 Å². The molecule has 1 unspecified atom stereocenters. The van der Waals surface area contributed by atoms with Crippen molar-refractivity contribution in [1.29, 1.82) is 0 Å². The minimum Gasteiger partial charge on any atom is -0.463 e. The molecule has 0 spiro atoms. The predicted molar refractivity (Wildman–Crippen MR) is 107 cm³/mol. The maximum Gasteiger partial charge on any atom is 0.316 e. The summed E-state index contributed by atoms with van der Waals surface area (Å²) in [7, 11) is 1.92. The standard InChI is InChI=1S/C20H25N5OS/c1-21-18(19-24-16-13-22-10-8-17(16)27-19)15-7-11-23-20(25-15)26-12-9-14-5-3-2-4-6-14/h7-8,10-11,13-14,18,21H,2-6,9,12H2,1H3. The average Bonchev–Trinajstić information content (AvgIpc) is 3.13. The number of nitrogens with zero attached hydrogens (tertiary/aromatic N) is 4. The van der Waals surface area contributed by atoms with Gasteiger partial charge in [-0.05, 0) is 31.5 Å². The molecule has 1 aliphatic carbocycles. The third-order valence-electron chi connectivity index (χ3n) is 5.17. The van der Waals surface area contributed by atoms with Crippen LogP contribution in [0.15, 0.2) is 30.7 Å². The Morgan fingerprint density at radius 3 is 2.89 bits per heavy atom. The van der Waals surface area contributed by atoms with Gasteiger partial charge in [-0.2, -0.15) is 4.98 Å². The number of fused-ring (bicyclic) bond motifs is 1. The Morgan fingerprint density at radius 2 is 2.07 bits per heavy atom. The molecule has 0 aliphatic heterocycles. The maximum atomic E-state index is 5.86. The van der Waals surface area contributed by atoms with Gasteiger partial charge in [0.25, 0.3) is 0 Å². The Balaban J connectivity index is 1.44. The molecule has 0 aromatic carbocycles. The number of hydrogen-bond acceptors (Lipinski definition) is 7. The van der Waals surface area contributed by atoms with E-state index in [9.17, 15) is 0 Å². The highest BCUT2D eigenvalue weighted by Crippen LogP contribution is 2.29. The van der Waals surface area contributed by atoms with Crippen LogP contribution >= 0.6 is 11.3 Å². The minimum absolute atomic E-state index is 0.0916. The number of aromatic nitrogens is 4. The summed E-state index contributed by atoms with van der Waals surface area (Å²) >= 11 is 1.65. The van der Waals surface area contributed by atoms with Gasteiger partial charge in [-0.15, -0.1) is 11.3 Å². The molecule has 1 atom stereocenters. The van der Waals surface area contributed by atoms with E-state index in [0.717, 1.165) is 33.3 Å². The minimum atomic E-state index is -0.0916. The van der Waals surface area contributed by atoms with Gasteiger partial charge in [0.1, 0.15) is 11.0 Å². The lowest BCUT2D eigenvalue weighted by Gasteiger charge is -2.21. The lowest BCUT2D eigenvalue weighted by molar-refractivity contribution is 0.232. The average molecular weight is 384 g/mol. The van der Waals surface area contributed by atoms with Gasteiger partial charge in [0.2, 0.25) is 0 Å². The molecule has 3 aromatic heterocycles. The van der Waals surface area contributed by atoms with Crippen LogP contribution in [0.5, 0.6) is 6.01 Å². The number of pyridine rings is 1. The highest BCUT2D eigenvalue weighted by molar-refractivity contribution is 7.18. The fraction of sp³-hybridized carbons (Fsp3) is 0.500. The lowest BCUT2D eigenvalue weighted by atomic mass is 9.87. The second-order valence-electron chi connectivity index (χ2n) is 7.02. The summed E-state index contributed by atoms with van der Waals surface area (Å²) < 4.78 is 6.99. The van der Waals surface area contributed by atoms with Crippen molar-refractivity contribution >= 4 is 21.6 Å².